The van der Waals surface area contributed by atoms with Gasteiger partial charge in [0, 0.05) is 50.4 Å². The molecule has 0 aromatic carbocycles. The minimum Gasteiger partial charge on any atom is -0.366 e. The lowest BCUT2D eigenvalue weighted by Crippen LogP contribution is -2.39. The van der Waals surface area contributed by atoms with Gasteiger partial charge in [-0.15, -0.1) is 0 Å². The van der Waals surface area contributed by atoms with Crippen molar-refractivity contribution in [2.45, 2.75) is 53.0 Å². The van der Waals surface area contributed by atoms with E-state index in [4.69, 9.17) is 17.3 Å². The summed E-state index contributed by atoms with van der Waals surface area (Å²) >= 11 is 6.49. The summed E-state index contributed by atoms with van der Waals surface area (Å²) < 4.78 is 2.09. The molecular formula is C24H30ClN5O3. The number of primary amides is 1. The molecule has 2 aliphatic heterocycles. The average Bonchev–Trinajstić information content (AvgIpc) is 3.22. The SMILES string of the molecule is CC(=O)N1CCC[C@H](CC(=O)Nc2cc(-c3cc(C(N)=O)c4n3CC(C)(C)C4)c(Cl)cn2)C1. The molecule has 8 nitrogen and oxygen atoms in total. The van der Waals surface area contributed by atoms with Crippen LogP contribution in [0.3, 0.4) is 0 Å². The van der Waals surface area contributed by atoms with Crippen molar-refractivity contribution in [3.05, 3.63) is 34.6 Å². The molecule has 2 aliphatic rings. The Balaban J connectivity index is 1.55. The fraction of sp³-hybridized carbons (Fsp3) is 0.500. The van der Waals surface area contributed by atoms with Gasteiger partial charge in [-0.3, -0.25) is 14.4 Å². The molecule has 2 aromatic rings. The van der Waals surface area contributed by atoms with Gasteiger partial charge in [0.05, 0.1) is 16.3 Å². The number of likely N-dealkylation sites (tertiary alicyclic amines) is 1. The highest BCUT2D eigenvalue weighted by molar-refractivity contribution is 6.33. The summed E-state index contributed by atoms with van der Waals surface area (Å²) in [5.41, 5.74) is 8.53. The molecule has 0 saturated carbocycles. The van der Waals surface area contributed by atoms with E-state index in [2.05, 4.69) is 28.7 Å². The molecular weight excluding hydrogens is 442 g/mol. The summed E-state index contributed by atoms with van der Waals surface area (Å²) in [5.74, 6) is -0.0443. The van der Waals surface area contributed by atoms with E-state index < -0.39 is 5.91 Å². The number of carbonyl (C=O) groups excluding carboxylic acids is 3. The number of amides is 3. The van der Waals surface area contributed by atoms with Crippen LogP contribution < -0.4 is 11.1 Å². The number of pyridine rings is 1. The lowest BCUT2D eigenvalue weighted by Gasteiger charge is -2.31. The van der Waals surface area contributed by atoms with Crippen molar-refractivity contribution in [1.82, 2.24) is 14.5 Å². The summed E-state index contributed by atoms with van der Waals surface area (Å²) in [6.07, 6.45) is 4.39. The first-order valence-corrected chi connectivity index (χ1v) is 11.7. The van der Waals surface area contributed by atoms with Crippen LogP contribution in [-0.2, 0) is 22.6 Å². The summed E-state index contributed by atoms with van der Waals surface area (Å²) in [6.45, 7) is 7.94. The summed E-state index contributed by atoms with van der Waals surface area (Å²) in [5, 5.41) is 3.30. The van der Waals surface area contributed by atoms with Crippen molar-refractivity contribution in [2.75, 3.05) is 18.4 Å². The van der Waals surface area contributed by atoms with Gasteiger partial charge in [0.15, 0.2) is 0 Å². The Morgan fingerprint density at radius 2 is 2.06 bits per heavy atom. The zero-order chi connectivity index (χ0) is 23.9. The molecule has 176 valence electrons. The third kappa shape index (κ3) is 4.90. The van der Waals surface area contributed by atoms with Crippen LogP contribution in [0.5, 0.6) is 0 Å². The maximum absolute atomic E-state index is 12.7. The first-order valence-electron chi connectivity index (χ1n) is 11.3. The largest absolute Gasteiger partial charge is 0.366 e. The molecule has 3 amide bonds. The summed E-state index contributed by atoms with van der Waals surface area (Å²) in [7, 11) is 0. The van der Waals surface area contributed by atoms with E-state index in [0.717, 1.165) is 43.7 Å². The zero-order valence-corrected chi connectivity index (χ0v) is 20.0. The average molecular weight is 472 g/mol. The fourth-order valence-electron chi connectivity index (χ4n) is 5.01. The molecule has 0 radical (unpaired) electrons. The van der Waals surface area contributed by atoms with Gasteiger partial charge in [0.2, 0.25) is 11.8 Å². The number of nitrogens with two attached hydrogens (primary N) is 1. The first kappa shape index (κ1) is 23.3. The molecule has 1 saturated heterocycles. The minimum atomic E-state index is -0.464. The third-order valence-electron chi connectivity index (χ3n) is 6.54. The van der Waals surface area contributed by atoms with Crippen LogP contribution in [0.4, 0.5) is 5.82 Å². The second-order valence-electron chi connectivity index (χ2n) is 9.96. The van der Waals surface area contributed by atoms with E-state index in [1.165, 1.54) is 6.20 Å². The maximum atomic E-state index is 12.7. The number of hydrogen-bond acceptors (Lipinski definition) is 4. The Morgan fingerprint density at radius 1 is 1.30 bits per heavy atom. The number of anilines is 1. The highest BCUT2D eigenvalue weighted by Gasteiger charge is 2.34. The van der Waals surface area contributed by atoms with E-state index in [1.807, 2.05) is 0 Å². The Kier molecular flexibility index (Phi) is 6.22. The van der Waals surface area contributed by atoms with Crippen molar-refractivity contribution in [1.29, 1.82) is 0 Å². The molecule has 9 heteroatoms. The van der Waals surface area contributed by atoms with E-state index in [9.17, 15) is 14.4 Å². The van der Waals surface area contributed by atoms with Crippen LogP contribution in [-0.4, -0.2) is 45.3 Å². The highest BCUT2D eigenvalue weighted by Crippen LogP contribution is 2.41. The first-order chi connectivity index (χ1) is 15.5. The smallest absolute Gasteiger partial charge is 0.250 e. The van der Waals surface area contributed by atoms with Crippen LogP contribution in [0.25, 0.3) is 11.3 Å². The van der Waals surface area contributed by atoms with Gasteiger partial charge in [-0.2, -0.15) is 0 Å². The van der Waals surface area contributed by atoms with Crippen LogP contribution in [0.15, 0.2) is 18.3 Å². The molecule has 1 atom stereocenters. The molecule has 1 fully saturated rings. The predicted octanol–water partition coefficient (Wildman–Crippen LogP) is 3.47. The van der Waals surface area contributed by atoms with Crippen molar-refractivity contribution < 1.29 is 14.4 Å². The van der Waals surface area contributed by atoms with E-state index in [0.29, 0.717) is 34.9 Å². The Morgan fingerprint density at radius 3 is 2.76 bits per heavy atom. The summed E-state index contributed by atoms with van der Waals surface area (Å²) in [6, 6.07) is 3.51. The Hall–Kier alpha value is -2.87. The number of hydrogen-bond donors (Lipinski definition) is 2. The van der Waals surface area contributed by atoms with Crippen molar-refractivity contribution >= 4 is 35.1 Å². The van der Waals surface area contributed by atoms with Gasteiger partial charge in [-0.05, 0) is 42.7 Å². The summed E-state index contributed by atoms with van der Waals surface area (Å²) in [4.78, 5) is 42.5. The van der Waals surface area contributed by atoms with Crippen molar-refractivity contribution in [3.63, 3.8) is 0 Å². The van der Waals surface area contributed by atoms with Crippen LogP contribution >= 0.6 is 11.6 Å². The number of fused-ring (bicyclic) bond motifs is 1. The number of piperidine rings is 1. The third-order valence-corrected chi connectivity index (χ3v) is 6.84. The van der Waals surface area contributed by atoms with Crippen LogP contribution in [0.1, 0.15) is 56.1 Å². The predicted molar refractivity (Wildman–Crippen MR) is 127 cm³/mol. The second-order valence-corrected chi connectivity index (χ2v) is 10.4. The minimum absolute atomic E-state index is 0.000152. The topological polar surface area (TPSA) is 110 Å². The molecule has 2 aromatic heterocycles. The number of rotatable bonds is 5. The van der Waals surface area contributed by atoms with Gasteiger partial charge >= 0.3 is 0 Å². The highest BCUT2D eigenvalue weighted by atomic mass is 35.5. The lowest BCUT2D eigenvalue weighted by atomic mass is 9.90. The van der Waals surface area contributed by atoms with E-state index >= 15 is 0 Å². The number of aromatic nitrogens is 2. The molecule has 0 bridgehead atoms. The Bertz CT molecular complexity index is 1120. The van der Waals surface area contributed by atoms with E-state index in [-0.39, 0.29) is 23.1 Å². The lowest BCUT2D eigenvalue weighted by molar-refractivity contribution is -0.131. The van der Waals surface area contributed by atoms with E-state index in [1.54, 1.807) is 24.0 Å². The normalized spacial score (nSPS) is 19.3. The number of nitrogens with one attached hydrogen (secondary N) is 1. The molecule has 0 unspecified atom stereocenters. The molecule has 0 aliphatic carbocycles. The monoisotopic (exact) mass is 471 g/mol. The molecule has 0 spiro atoms. The van der Waals surface area contributed by atoms with Crippen LogP contribution in [0.2, 0.25) is 5.02 Å². The quantitative estimate of drug-likeness (QED) is 0.695. The molecule has 4 heterocycles. The van der Waals surface area contributed by atoms with Gasteiger partial charge in [0.25, 0.3) is 5.91 Å². The fourth-order valence-corrected chi connectivity index (χ4v) is 5.21. The van der Waals surface area contributed by atoms with Crippen molar-refractivity contribution in [3.8, 4) is 11.3 Å². The molecule has 4 rings (SSSR count). The standard InChI is InChI=1S/C24H30ClN5O3/c1-14(31)29-6-4-5-15(12-29)7-22(32)28-21-9-16(18(25)11-27-21)19-8-17(23(26)33)20-10-24(2,3)13-30(19)20/h8-9,11,15H,4-7,10,12-13H2,1-3H3,(H2,26,33)(H,27,28,32)/t15-/m1/s1. The number of halogens is 1. The Labute approximate surface area is 198 Å². The van der Waals surface area contributed by atoms with Gasteiger partial charge in [-0.1, -0.05) is 25.4 Å². The maximum Gasteiger partial charge on any atom is 0.250 e. The number of nitrogens with zero attached hydrogens (tertiary/aromatic N) is 3. The number of carbonyl (C=O) groups is 3. The van der Waals surface area contributed by atoms with Gasteiger partial charge in [0.1, 0.15) is 5.82 Å². The van der Waals surface area contributed by atoms with Crippen molar-refractivity contribution in [2.24, 2.45) is 17.1 Å². The second kappa shape index (κ2) is 8.82. The molecule has 3 N–H and O–H groups in total. The zero-order valence-electron chi connectivity index (χ0n) is 19.3. The molecule has 33 heavy (non-hydrogen) atoms. The van der Waals surface area contributed by atoms with Gasteiger partial charge in [-0.25, -0.2) is 4.98 Å². The van der Waals surface area contributed by atoms with Crippen LogP contribution in [0, 0.1) is 11.3 Å². The van der Waals surface area contributed by atoms with Gasteiger partial charge < -0.3 is 20.5 Å².